The molecule has 0 aliphatic carbocycles. The quantitative estimate of drug-likeness (QED) is 0.666. The number of halogens is 1. The van der Waals surface area contributed by atoms with Crippen molar-refractivity contribution in [3.8, 4) is 0 Å². The van der Waals surface area contributed by atoms with Gasteiger partial charge >= 0.3 is 0 Å². The Kier molecular flexibility index (Phi) is 5.09. The third kappa shape index (κ3) is 4.00. The Morgan fingerprint density at radius 2 is 2.06 bits per heavy atom. The van der Waals surface area contributed by atoms with E-state index in [1.165, 1.54) is 4.90 Å². The van der Waals surface area contributed by atoms with Crippen LogP contribution in [-0.4, -0.2) is 40.9 Å². The number of nitrogens with zero attached hydrogens (tertiary/aromatic N) is 1. The number of aliphatic hydroxyl groups is 1. The number of β-amino-alcohol motifs (C(OH)–C–C–N with tert-alkyl or cyclic N) is 1. The zero-order chi connectivity index (χ0) is 13.0. The summed E-state index contributed by atoms with van der Waals surface area (Å²) < 4.78 is 1.08. The molecular weight excluding hydrogens is 314 g/mol. The van der Waals surface area contributed by atoms with E-state index in [0.29, 0.717) is 19.5 Å². The first-order chi connectivity index (χ1) is 8.65. The highest BCUT2D eigenvalue weighted by Gasteiger charge is 2.27. The fourth-order valence-electron chi connectivity index (χ4n) is 1.76. The zero-order valence-corrected chi connectivity index (χ0v) is 12.4. The minimum Gasteiger partial charge on any atom is -0.389 e. The summed E-state index contributed by atoms with van der Waals surface area (Å²) >= 11 is 5.17. The van der Waals surface area contributed by atoms with E-state index in [2.05, 4.69) is 28.1 Å². The van der Waals surface area contributed by atoms with E-state index < -0.39 is 0 Å². The van der Waals surface area contributed by atoms with E-state index in [-0.39, 0.29) is 12.0 Å². The fourth-order valence-corrected chi connectivity index (χ4v) is 2.88. The largest absolute Gasteiger partial charge is 0.389 e. The molecule has 1 aromatic carbocycles. The highest BCUT2D eigenvalue weighted by molar-refractivity contribution is 9.10. The number of amides is 1. The molecule has 0 saturated carbocycles. The van der Waals surface area contributed by atoms with E-state index in [0.717, 1.165) is 16.6 Å². The van der Waals surface area contributed by atoms with Gasteiger partial charge in [-0.2, -0.15) is 0 Å². The Labute approximate surface area is 120 Å². The number of hydrogen-bond donors (Lipinski definition) is 1. The predicted molar refractivity (Wildman–Crippen MR) is 76.7 cm³/mol. The first-order valence-corrected chi connectivity index (χ1v) is 7.77. The predicted octanol–water partition coefficient (Wildman–Crippen LogP) is 2.52. The van der Waals surface area contributed by atoms with Gasteiger partial charge in [-0.3, -0.25) is 4.79 Å². The molecule has 1 N–H and O–H groups in total. The number of aliphatic hydroxyl groups excluding tert-OH is 1. The van der Waals surface area contributed by atoms with Crippen molar-refractivity contribution in [1.29, 1.82) is 0 Å². The summed E-state index contributed by atoms with van der Waals surface area (Å²) in [4.78, 5) is 14.6. The Morgan fingerprint density at radius 1 is 1.39 bits per heavy atom. The molecule has 0 atom stereocenters. The van der Waals surface area contributed by atoms with Crippen molar-refractivity contribution in [1.82, 2.24) is 4.90 Å². The molecule has 2 rings (SSSR count). The summed E-state index contributed by atoms with van der Waals surface area (Å²) in [5, 5.41) is 9.11. The molecule has 1 heterocycles. The molecule has 0 aromatic heterocycles. The highest BCUT2D eigenvalue weighted by atomic mass is 79.9. The lowest BCUT2D eigenvalue weighted by Crippen LogP contribution is -2.53. The molecule has 1 aromatic rings. The lowest BCUT2D eigenvalue weighted by molar-refractivity contribution is -0.141. The molecule has 3 nitrogen and oxygen atoms in total. The van der Waals surface area contributed by atoms with Gasteiger partial charge in [-0.1, -0.05) is 15.9 Å². The van der Waals surface area contributed by atoms with Gasteiger partial charge in [0.25, 0.3) is 0 Å². The molecule has 1 fully saturated rings. The molecule has 1 saturated heterocycles. The average molecular weight is 330 g/mol. The van der Waals surface area contributed by atoms with Crippen molar-refractivity contribution >= 4 is 33.6 Å². The third-order valence-corrected chi connectivity index (χ3v) is 4.46. The van der Waals surface area contributed by atoms with E-state index in [1.807, 2.05) is 12.1 Å². The second-order valence-corrected chi connectivity index (χ2v) is 6.44. The van der Waals surface area contributed by atoms with Crippen LogP contribution in [0.1, 0.15) is 12.8 Å². The Balaban J connectivity index is 1.61. The van der Waals surface area contributed by atoms with Crippen molar-refractivity contribution < 1.29 is 9.90 Å². The first kappa shape index (κ1) is 13.9. The van der Waals surface area contributed by atoms with Crippen LogP contribution in [0.5, 0.6) is 0 Å². The molecule has 0 bridgehead atoms. The van der Waals surface area contributed by atoms with Crippen LogP contribution in [0.3, 0.4) is 0 Å². The monoisotopic (exact) mass is 329 g/mol. The fraction of sp³-hybridized carbons (Fsp3) is 0.462. The molecule has 1 aliphatic rings. The summed E-state index contributed by atoms with van der Waals surface area (Å²) in [5.74, 6) is 1.11. The van der Waals surface area contributed by atoms with E-state index in [4.69, 9.17) is 5.11 Å². The van der Waals surface area contributed by atoms with E-state index in [9.17, 15) is 4.79 Å². The Bertz CT molecular complexity index is 404. The summed E-state index contributed by atoms with van der Waals surface area (Å²) in [7, 11) is 0. The van der Waals surface area contributed by atoms with Crippen LogP contribution >= 0.6 is 27.7 Å². The second kappa shape index (κ2) is 6.59. The van der Waals surface area contributed by atoms with E-state index in [1.54, 1.807) is 16.7 Å². The number of benzene rings is 1. The van der Waals surface area contributed by atoms with Gasteiger partial charge in [0.05, 0.1) is 6.10 Å². The Morgan fingerprint density at radius 3 is 2.67 bits per heavy atom. The summed E-state index contributed by atoms with van der Waals surface area (Å²) in [5.41, 5.74) is 0. The SMILES string of the molecule is O=C(CCCSc1ccc(Br)cc1)N1CC(O)C1. The second-order valence-electron chi connectivity index (χ2n) is 4.36. The van der Waals surface area contributed by atoms with Crippen LogP contribution in [0.2, 0.25) is 0 Å². The van der Waals surface area contributed by atoms with Gasteiger partial charge < -0.3 is 10.0 Å². The average Bonchev–Trinajstić information content (AvgIpc) is 2.32. The van der Waals surface area contributed by atoms with Gasteiger partial charge in [0.15, 0.2) is 0 Å². The van der Waals surface area contributed by atoms with Crippen molar-refractivity contribution in [3.63, 3.8) is 0 Å². The molecule has 1 amide bonds. The van der Waals surface area contributed by atoms with Crippen LogP contribution in [0, 0.1) is 0 Å². The number of carbonyl (C=O) groups is 1. The normalized spacial score (nSPS) is 15.6. The third-order valence-electron chi connectivity index (χ3n) is 2.83. The van der Waals surface area contributed by atoms with Crippen LogP contribution in [-0.2, 0) is 4.79 Å². The summed E-state index contributed by atoms with van der Waals surface area (Å²) in [6.07, 6.45) is 1.16. The van der Waals surface area contributed by atoms with Gasteiger partial charge in [0.2, 0.25) is 5.91 Å². The smallest absolute Gasteiger partial charge is 0.222 e. The maximum Gasteiger partial charge on any atom is 0.222 e. The van der Waals surface area contributed by atoms with Gasteiger partial charge in [0, 0.05) is 28.9 Å². The molecule has 0 spiro atoms. The molecular formula is C13H16BrNO2S. The van der Waals surface area contributed by atoms with Crippen molar-refractivity contribution in [2.45, 2.75) is 23.8 Å². The number of thioether (sulfide) groups is 1. The zero-order valence-electron chi connectivity index (χ0n) is 10.0. The summed E-state index contributed by atoms with van der Waals surface area (Å²) in [6.45, 7) is 1.03. The summed E-state index contributed by atoms with van der Waals surface area (Å²) in [6, 6.07) is 8.19. The molecule has 98 valence electrons. The van der Waals surface area contributed by atoms with Gasteiger partial charge in [-0.15, -0.1) is 11.8 Å². The van der Waals surface area contributed by atoms with Crippen molar-refractivity contribution in [2.24, 2.45) is 0 Å². The maximum absolute atomic E-state index is 11.6. The molecule has 0 unspecified atom stereocenters. The lowest BCUT2D eigenvalue weighted by atomic mass is 10.1. The first-order valence-electron chi connectivity index (χ1n) is 5.99. The van der Waals surface area contributed by atoms with Crippen molar-refractivity contribution in [3.05, 3.63) is 28.7 Å². The molecule has 18 heavy (non-hydrogen) atoms. The lowest BCUT2D eigenvalue weighted by Gasteiger charge is -2.35. The van der Waals surface area contributed by atoms with Crippen LogP contribution in [0.15, 0.2) is 33.6 Å². The topological polar surface area (TPSA) is 40.5 Å². The minimum atomic E-state index is -0.300. The molecule has 5 heteroatoms. The van der Waals surface area contributed by atoms with Crippen LogP contribution in [0.4, 0.5) is 0 Å². The van der Waals surface area contributed by atoms with Gasteiger partial charge in [0.1, 0.15) is 0 Å². The maximum atomic E-state index is 11.6. The van der Waals surface area contributed by atoms with Gasteiger partial charge in [-0.05, 0) is 36.4 Å². The number of rotatable bonds is 5. The number of likely N-dealkylation sites (tertiary alicyclic amines) is 1. The van der Waals surface area contributed by atoms with Crippen LogP contribution in [0.25, 0.3) is 0 Å². The minimum absolute atomic E-state index is 0.164. The standard InChI is InChI=1S/C13H16BrNO2S/c14-10-3-5-12(6-4-10)18-7-1-2-13(17)15-8-11(16)9-15/h3-6,11,16H,1-2,7-9H2. The van der Waals surface area contributed by atoms with Gasteiger partial charge in [-0.25, -0.2) is 0 Å². The van der Waals surface area contributed by atoms with E-state index >= 15 is 0 Å². The highest BCUT2D eigenvalue weighted by Crippen LogP contribution is 2.22. The molecule has 1 aliphatic heterocycles. The number of hydrogen-bond acceptors (Lipinski definition) is 3. The van der Waals surface area contributed by atoms with Crippen LogP contribution < -0.4 is 0 Å². The number of carbonyl (C=O) groups excluding carboxylic acids is 1. The Hall–Kier alpha value is -0.520. The molecule has 0 radical (unpaired) electrons. The van der Waals surface area contributed by atoms with Crippen molar-refractivity contribution in [2.75, 3.05) is 18.8 Å².